The Hall–Kier alpha value is -2.48. The molecule has 0 saturated carbocycles. The third-order valence-electron chi connectivity index (χ3n) is 5.03. The quantitative estimate of drug-likeness (QED) is 0.396. The average molecular weight is 492 g/mol. The molecule has 1 heterocycles. The average Bonchev–Trinajstić information content (AvgIpc) is 3.30. The summed E-state index contributed by atoms with van der Waals surface area (Å²) >= 11 is 13.9. The van der Waals surface area contributed by atoms with Crippen LogP contribution in [0.15, 0.2) is 60.2 Å². The fourth-order valence-corrected chi connectivity index (χ4v) is 4.84. The fourth-order valence-electron chi connectivity index (χ4n) is 3.40. The molecule has 1 aliphatic carbocycles. The van der Waals surface area contributed by atoms with Gasteiger partial charge in [-0.25, -0.2) is 4.39 Å². The molecule has 1 atom stereocenters. The number of carbonyl (C=O) groups excluding carboxylic acids is 2. The Labute approximate surface area is 199 Å². The molecule has 166 valence electrons. The molecule has 32 heavy (non-hydrogen) atoms. The van der Waals surface area contributed by atoms with E-state index in [0.717, 1.165) is 18.7 Å². The monoisotopic (exact) mass is 491 g/mol. The van der Waals surface area contributed by atoms with Crippen molar-refractivity contribution in [1.82, 2.24) is 0 Å². The summed E-state index contributed by atoms with van der Waals surface area (Å²) < 4.78 is 16.4. The van der Waals surface area contributed by atoms with E-state index in [9.17, 15) is 14.0 Å². The predicted octanol–water partition coefficient (Wildman–Crippen LogP) is 6.02. The number of allylic oxidation sites excluding steroid dienone is 3. The first-order valence-corrected chi connectivity index (χ1v) is 11.8. The summed E-state index contributed by atoms with van der Waals surface area (Å²) in [6.45, 7) is 0.783. The zero-order valence-electron chi connectivity index (χ0n) is 16.9. The van der Waals surface area contributed by atoms with Crippen LogP contribution in [0.1, 0.15) is 23.2 Å². The van der Waals surface area contributed by atoms with Crippen LogP contribution in [0.25, 0.3) is 0 Å². The molecule has 9 heteroatoms. The lowest BCUT2D eigenvalue weighted by Crippen LogP contribution is -2.18. The van der Waals surface area contributed by atoms with E-state index in [1.165, 1.54) is 6.07 Å². The molecule has 2 N–H and O–H groups in total. The molecule has 1 unspecified atom stereocenters. The summed E-state index contributed by atoms with van der Waals surface area (Å²) in [6, 6.07) is 9.18. The SMILES string of the molecule is O=C(Nc1cc(NC(=O)c2ccc(N3CCCS3)c(F)c2)ccc1Cl)C1=CC=CC(Cl)C1. The Balaban J connectivity index is 1.46. The van der Waals surface area contributed by atoms with Gasteiger partial charge in [-0.1, -0.05) is 29.8 Å². The molecule has 4 rings (SSSR count). The van der Waals surface area contributed by atoms with Crippen LogP contribution in [-0.2, 0) is 4.79 Å². The highest BCUT2D eigenvalue weighted by Gasteiger charge is 2.20. The Bertz CT molecular complexity index is 1120. The van der Waals surface area contributed by atoms with Gasteiger partial charge in [0.2, 0.25) is 0 Å². The molecule has 2 aromatic rings. The minimum absolute atomic E-state index is 0.197. The van der Waals surface area contributed by atoms with E-state index in [-0.39, 0.29) is 16.8 Å². The lowest BCUT2D eigenvalue weighted by atomic mass is 10.0. The molecule has 2 aliphatic rings. The largest absolute Gasteiger partial charge is 0.322 e. The molecular formula is C23H20Cl2FN3O2S. The van der Waals surface area contributed by atoms with Crippen molar-refractivity contribution < 1.29 is 14.0 Å². The molecule has 1 aliphatic heterocycles. The molecule has 1 saturated heterocycles. The van der Waals surface area contributed by atoms with Crippen molar-refractivity contribution in [3.05, 3.63) is 76.6 Å². The number of carbonyl (C=O) groups is 2. The van der Waals surface area contributed by atoms with Gasteiger partial charge in [0.15, 0.2) is 0 Å². The molecule has 2 amide bonds. The van der Waals surface area contributed by atoms with E-state index in [1.807, 2.05) is 4.31 Å². The van der Waals surface area contributed by atoms with Crippen LogP contribution in [0, 0.1) is 5.82 Å². The first-order chi connectivity index (χ1) is 15.4. The highest BCUT2D eigenvalue weighted by molar-refractivity contribution is 8.00. The zero-order chi connectivity index (χ0) is 22.7. The molecule has 0 aromatic heterocycles. The highest BCUT2D eigenvalue weighted by atomic mass is 35.5. The van der Waals surface area contributed by atoms with Gasteiger partial charge < -0.3 is 14.9 Å². The van der Waals surface area contributed by atoms with E-state index < -0.39 is 11.7 Å². The number of alkyl halides is 1. The number of hydrogen-bond donors (Lipinski definition) is 2. The maximum absolute atomic E-state index is 14.5. The van der Waals surface area contributed by atoms with Crippen molar-refractivity contribution in [2.45, 2.75) is 18.2 Å². The van der Waals surface area contributed by atoms with Crippen LogP contribution in [0.5, 0.6) is 0 Å². The second-order valence-corrected chi connectivity index (χ2v) is 9.43. The van der Waals surface area contributed by atoms with E-state index >= 15 is 0 Å². The van der Waals surface area contributed by atoms with Crippen molar-refractivity contribution in [3.63, 3.8) is 0 Å². The second-order valence-electron chi connectivity index (χ2n) is 7.35. The smallest absolute Gasteiger partial charge is 0.255 e. The minimum atomic E-state index is -0.464. The standard InChI is InChI=1S/C23H20Cl2FN3O2S/c24-16-4-1-3-14(11-16)23(31)28-20-13-17(6-7-18(20)25)27-22(30)15-5-8-21(19(26)12-15)29-9-2-10-32-29/h1,3-8,12-13,16H,2,9-11H2,(H,27,30)(H,28,31). The number of anilines is 3. The van der Waals surface area contributed by atoms with Gasteiger partial charge in [-0.15, -0.1) is 11.6 Å². The van der Waals surface area contributed by atoms with E-state index in [0.29, 0.717) is 34.1 Å². The number of benzene rings is 2. The number of halogens is 3. The first-order valence-electron chi connectivity index (χ1n) is 10.0. The third kappa shape index (κ3) is 5.28. The van der Waals surface area contributed by atoms with Crippen LogP contribution in [-0.4, -0.2) is 29.5 Å². The summed E-state index contributed by atoms with van der Waals surface area (Å²) in [5.41, 5.74) is 1.98. The second kappa shape index (κ2) is 9.98. The van der Waals surface area contributed by atoms with Gasteiger partial charge in [-0.2, -0.15) is 0 Å². The lowest BCUT2D eigenvalue weighted by Gasteiger charge is -2.17. The maximum Gasteiger partial charge on any atom is 0.255 e. The van der Waals surface area contributed by atoms with Crippen LogP contribution in [0.4, 0.5) is 21.5 Å². The number of nitrogens with zero attached hydrogens (tertiary/aromatic N) is 1. The van der Waals surface area contributed by atoms with Gasteiger partial charge in [-0.05, 0) is 61.2 Å². The Morgan fingerprint density at radius 2 is 1.97 bits per heavy atom. The topological polar surface area (TPSA) is 61.4 Å². The summed E-state index contributed by atoms with van der Waals surface area (Å²) in [7, 11) is 0. The number of hydrogen-bond acceptors (Lipinski definition) is 4. The highest BCUT2D eigenvalue weighted by Crippen LogP contribution is 2.31. The molecular weight excluding hydrogens is 472 g/mol. The minimum Gasteiger partial charge on any atom is -0.322 e. The zero-order valence-corrected chi connectivity index (χ0v) is 19.2. The van der Waals surface area contributed by atoms with E-state index in [2.05, 4.69) is 10.6 Å². The van der Waals surface area contributed by atoms with Crippen molar-refractivity contribution >= 4 is 64.0 Å². The Morgan fingerprint density at radius 3 is 2.69 bits per heavy atom. The Kier molecular flexibility index (Phi) is 7.08. The first kappa shape index (κ1) is 22.7. The van der Waals surface area contributed by atoms with Gasteiger partial charge in [-0.3, -0.25) is 9.59 Å². The molecule has 1 fully saturated rings. The van der Waals surface area contributed by atoms with Crippen molar-refractivity contribution in [2.24, 2.45) is 0 Å². The number of nitrogens with one attached hydrogen (secondary N) is 2. The Morgan fingerprint density at radius 1 is 1.12 bits per heavy atom. The summed E-state index contributed by atoms with van der Waals surface area (Å²) in [5, 5.41) is 5.56. The van der Waals surface area contributed by atoms with Gasteiger partial charge in [0.05, 0.1) is 21.8 Å². The van der Waals surface area contributed by atoms with E-state index in [1.54, 1.807) is 60.5 Å². The van der Waals surface area contributed by atoms with Gasteiger partial charge in [0.25, 0.3) is 11.8 Å². The van der Waals surface area contributed by atoms with E-state index in [4.69, 9.17) is 23.2 Å². The van der Waals surface area contributed by atoms with Gasteiger partial charge in [0, 0.05) is 29.1 Å². The molecule has 5 nitrogen and oxygen atoms in total. The third-order valence-corrected chi connectivity index (χ3v) is 6.82. The van der Waals surface area contributed by atoms with Crippen molar-refractivity contribution in [2.75, 3.05) is 27.2 Å². The molecule has 0 spiro atoms. The van der Waals surface area contributed by atoms with Crippen LogP contribution in [0.2, 0.25) is 5.02 Å². The summed E-state index contributed by atoms with van der Waals surface area (Å²) in [4.78, 5) is 25.2. The fraction of sp³-hybridized carbons (Fsp3) is 0.217. The number of rotatable bonds is 5. The normalized spacial score (nSPS) is 17.8. The molecule has 0 bridgehead atoms. The molecule has 2 aromatic carbocycles. The summed E-state index contributed by atoms with van der Waals surface area (Å²) in [6.07, 6.45) is 6.66. The van der Waals surface area contributed by atoms with Crippen LogP contribution >= 0.6 is 35.1 Å². The van der Waals surface area contributed by atoms with Crippen molar-refractivity contribution in [1.29, 1.82) is 0 Å². The predicted molar refractivity (Wildman–Crippen MR) is 130 cm³/mol. The molecule has 0 radical (unpaired) electrons. The summed E-state index contributed by atoms with van der Waals surface area (Å²) in [5.74, 6) is -0.266. The van der Waals surface area contributed by atoms with Gasteiger partial charge >= 0.3 is 0 Å². The maximum atomic E-state index is 14.5. The van der Waals surface area contributed by atoms with Crippen LogP contribution < -0.4 is 14.9 Å². The van der Waals surface area contributed by atoms with Crippen molar-refractivity contribution in [3.8, 4) is 0 Å². The van der Waals surface area contributed by atoms with Gasteiger partial charge in [0.1, 0.15) is 5.82 Å². The number of amides is 2. The lowest BCUT2D eigenvalue weighted by molar-refractivity contribution is -0.113. The van der Waals surface area contributed by atoms with Crippen LogP contribution in [0.3, 0.4) is 0 Å².